The number of carbonyl (C=O) groups excluding carboxylic acids is 2. The molecule has 0 bridgehead atoms. The fourth-order valence-electron chi connectivity index (χ4n) is 2.74. The first kappa shape index (κ1) is 16.4. The smallest absolute Gasteiger partial charge is 0.239 e. The lowest BCUT2D eigenvalue weighted by Crippen LogP contribution is -2.43. The molecule has 2 heterocycles. The Morgan fingerprint density at radius 3 is 2.57 bits per heavy atom. The molecule has 1 aliphatic carbocycles. The number of piperidine rings is 1. The Labute approximate surface area is 144 Å². The van der Waals surface area contributed by atoms with Gasteiger partial charge in [-0.1, -0.05) is 0 Å². The molecular formula is C16H21BrN4O2. The van der Waals surface area contributed by atoms with E-state index in [4.69, 9.17) is 0 Å². The van der Waals surface area contributed by atoms with Crippen molar-refractivity contribution in [3.8, 4) is 0 Å². The Morgan fingerprint density at radius 1 is 1.22 bits per heavy atom. The van der Waals surface area contributed by atoms with Gasteiger partial charge < -0.3 is 10.6 Å². The highest BCUT2D eigenvalue weighted by Crippen LogP contribution is 2.22. The molecule has 0 radical (unpaired) electrons. The molecule has 124 valence electrons. The van der Waals surface area contributed by atoms with Gasteiger partial charge in [0.1, 0.15) is 5.82 Å². The lowest BCUT2D eigenvalue weighted by atomic mass is 9.96. The van der Waals surface area contributed by atoms with Crippen molar-refractivity contribution in [1.82, 2.24) is 15.2 Å². The lowest BCUT2D eigenvalue weighted by molar-refractivity contribution is -0.126. The SMILES string of the molecule is O=C(CN1CCC(C(=O)NC2CC2)CC1)Nc1ccc(Br)cn1. The zero-order chi connectivity index (χ0) is 16.2. The highest BCUT2D eigenvalue weighted by atomic mass is 79.9. The average molecular weight is 381 g/mol. The van der Waals surface area contributed by atoms with E-state index in [9.17, 15) is 9.59 Å². The number of carbonyl (C=O) groups is 2. The van der Waals surface area contributed by atoms with Gasteiger partial charge in [0.15, 0.2) is 0 Å². The summed E-state index contributed by atoms with van der Waals surface area (Å²) < 4.78 is 0.877. The van der Waals surface area contributed by atoms with Crippen LogP contribution in [0, 0.1) is 5.92 Å². The fourth-order valence-corrected chi connectivity index (χ4v) is 2.97. The fraction of sp³-hybridized carbons (Fsp3) is 0.562. The minimum Gasteiger partial charge on any atom is -0.353 e. The molecule has 2 amide bonds. The molecule has 3 rings (SSSR count). The molecule has 1 aliphatic heterocycles. The molecule has 0 unspecified atom stereocenters. The number of likely N-dealkylation sites (tertiary alicyclic amines) is 1. The van der Waals surface area contributed by atoms with Crippen LogP contribution in [0.25, 0.3) is 0 Å². The maximum atomic E-state index is 12.1. The number of anilines is 1. The van der Waals surface area contributed by atoms with Crippen LogP contribution in [0.1, 0.15) is 25.7 Å². The van der Waals surface area contributed by atoms with Gasteiger partial charge in [-0.05, 0) is 66.8 Å². The molecule has 0 aromatic carbocycles. The Balaban J connectivity index is 1.40. The van der Waals surface area contributed by atoms with Crippen molar-refractivity contribution in [1.29, 1.82) is 0 Å². The van der Waals surface area contributed by atoms with Crippen molar-refractivity contribution in [2.45, 2.75) is 31.7 Å². The number of hydrogen-bond donors (Lipinski definition) is 2. The number of amides is 2. The van der Waals surface area contributed by atoms with Crippen LogP contribution < -0.4 is 10.6 Å². The van der Waals surface area contributed by atoms with Gasteiger partial charge in [-0.15, -0.1) is 0 Å². The molecule has 6 nitrogen and oxygen atoms in total. The van der Waals surface area contributed by atoms with E-state index in [2.05, 4.69) is 36.4 Å². The molecule has 1 saturated heterocycles. The van der Waals surface area contributed by atoms with Gasteiger partial charge in [-0.2, -0.15) is 0 Å². The Kier molecular flexibility index (Phi) is 5.27. The molecule has 2 fully saturated rings. The first-order valence-electron chi connectivity index (χ1n) is 8.04. The highest BCUT2D eigenvalue weighted by Gasteiger charge is 2.30. The van der Waals surface area contributed by atoms with Crippen LogP contribution in [0.15, 0.2) is 22.8 Å². The van der Waals surface area contributed by atoms with E-state index in [1.54, 1.807) is 12.3 Å². The summed E-state index contributed by atoms with van der Waals surface area (Å²) in [6.07, 6.45) is 5.54. The summed E-state index contributed by atoms with van der Waals surface area (Å²) in [6, 6.07) is 4.02. The van der Waals surface area contributed by atoms with E-state index in [0.29, 0.717) is 18.4 Å². The van der Waals surface area contributed by atoms with Crippen LogP contribution in [0.3, 0.4) is 0 Å². The van der Waals surface area contributed by atoms with Gasteiger partial charge in [0.2, 0.25) is 11.8 Å². The molecule has 7 heteroatoms. The third kappa shape index (κ3) is 5.00. The van der Waals surface area contributed by atoms with Gasteiger partial charge >= 0.3 is 0 Å². The Bertz CT molecular complexity index is 566. The van der Waals surface area contributed by atoms with Gasteiger partial charge in [0, 0.05) is 22.6 Å². The quantitative estimate of drug-likeness (QED) is 0.816. The first-order valence-corrected chi connectivity index (χ1v) is 8.83. The standard InChI is InChI=1S/C16H21BrN4O2/c17-12-1-4-14(18-9-12)20-15(22)10-21-7-5-11(6-8-21)16(23)19-13-2-3-13/h1,4,9,11,13H,2-3,5-8,10H2,(H,19,23)(H,18,20,22). The third-order valence-electron chi connectivity index (χ3n) is 4.24. The Morgan fingerprint density at radius 2 is 1.96 bits per heavy atom. The predicted octanol–water partition coefficient (Wildman–Crippen LogP) is 1.77. The largest absolute Gasteiger partial charge is 0.353 e. The minimum atomic E-state index is -0.0688. The molecule has 23 heavy (non-hydrogen) atoms. The zero-order valence-corrected chi connectivity index (χ0v) is 14.5. The number of nitrogens with one attached hydrogen (secondary N) is 2. The van der Waals surface area contributed by atoms with Crippen molar-refractivity contribution in [2.24, 2.45) is 5.92 Å². The number of halogens is 1. The van der Waals surface area contributed by atoms with E-state index < -0.39 is 0 Å². The third-order valence-corrected chi connectivity index (χ3v) is 4.71. The van der Waals surface area contributed by atoms with E-state index in [0.717, 1.165) is 43.2 Å². The summed E-state index contributed by atoms with van der Waals surface area (Å²) in [5.74, 6) is 0.774. The monoisotopic (exact) mass is 380 g/mol. The van der Waals surface area contributed by atoms with Crippen LogP contribution >= 0.6 is 15.9 Å². The van der Waals surface area contributed by atoms with E-state index in [-0.39, 0.29) is 17.7 Å². The average Bonchev–Trinajstić information content (AvgIpc) is 3.34. The van der Waals surface area contributed by atoms with E-state index in [1.807, 2.05) is 6.07 Å². The van der Waals surface area contributed by atoms with Crippen molar-refractivity contribution in [3.05, 3.63) is 22.8 Å². The topological polar surface area (TPSA) is 74.3 Å². The van der Waals surface area contributed by atoms with Gasteiger partial charge in [-0.3, -0.25) is 14.5 Å². The lowest BCUT2D eigenvalue weighted by Gasteiger charge is -2.30. The zero-order valence-electron chi connectivity index (χ0n) is 12.9. The van der Waals surface area contributed by atoms with Crippen molar-refractivity contribution in [2.75, 3.05) is 25.0 Å². The first-order chi connectivity index (χ1) is 11.1. The summed E-state index contributed by atoms with van der Waals surface area (Å²) in [6.45, 7) is 1.91. The van der Waals surface area contributed by atoms with Gasteiger partial charge in [0.25, 0.3) is 0 Å². The molecule has 1 aromatic heterocycles. The minimum absolute atomic E-state index is 0.0688. The molecule has 0 spiro atoms. The second kappa shape index (κ2) is 7.40. The van der Waals surface area contributed by atoms with Crippen LogP contribution in [-0.2, 0) is 9.59 Å². The van der Waals surface area contributed by atoms with Crippen molar-refractivity contribution < 1.29 is 9.59 Å². The van der Waals surface area contributed by atoms with Crippen molar-refractivity contribution >= 4 is 33.6 Å². The predicted molar refractivity (Wildman–Crippen MR) is 90.9 cm³/mol. The maximum Gasteiger partial charge on any atom is 0.239 e. The van der Waals surface area contributed by atoms with E-state index >= 15 is 0 Å². The van der Waals surface area contributed by atoms with Crippen molar-refractivity contribution in [3.63, 3.8) is 0 Å². The molecule has 1 aromatic rings. The number of pyridine rings is 1. The normalized spacial score (nSPS) is 19.3. The van der Waals surface area contributed by atoms with Crippen LogP contribution in [0.2, 0.25) is 0 Å². The molecule has 1 saturated carbocycles. The Hall–Kier alpha value is -1.47. The molecular weight excluding hydrogens is 360 g/mol. The number of nitrogens with zero attached hydrogens (tertiary/aromatic N) is 2. The second-order valence-electron chi connectivity index (χ2n) is 6.24. The second-order valence-corrected chi connectivity index (χ2v) is 7.16. The summed E-state index contributed by atoms with van der Waals surface area (Å²) in [7, 11) is 0. The number of hydrogen-bond acceptors (Lipinski definition) is 4. The number of aromatic nitrogens is 1. The summed E-state index contributed by atoms with van der Waals surface area (Å²) in [4.78, 5) is 30.3. The van der Waals surface area contributed by atoms with E-state index in [1.165, 1.54) is 0 Å². The summed E-state index contributed by atoms with van der Waals surface area (Å²) in [5.41, 5.74) is 0. The molecule has 2 aliphatic rings. The number of rotatable bonds is 5. The van der Waals surface area contributed by atoms with Crippen LogP contribution in [0.5, 0.6) is 0 Å². The van der Waals surface area contributed by atoms with Crippen LogP contribution in [-0.4, -0.2) is 47.4 Å². The maximum absolute atomic E-state index is 12.1. The molecule has 2 N–H and O–H groups in total. The summed E-state index contributed by atoms with van der Waals surface area (Å²) in [5, 5.41) is 5.86. The summed E-state index contributed by atoms with van der Waals surface area (Å²) >= 11 is 3.31. The van der Waals surface area contributed by atoms with Crippen LogP contribution in [0.4, 0.5) is 5.82 Å². The molecule has 0 atom stereocenters. The highest BCUT2D eigenvalue weighted by molar-refractivity contribution is 9.10. The van der Waals surface area contributed by atoms with Gasteiger partial charge in [-0.25, -0.2) is 4.98 Å². The van der Waals surface area contributed by atoms with Gasteiger partial charge in [0.05, 0.1) is 6.54 Å².